The smallest absolute Gasteiger partial charge is 0.307 e. The van der Waals surface area contributed by atoms with E-state index in [4.69, 9.17) is 9.72 Å². The molecule has 274 valence electrons. The molecule has 51 heavy (non-hydrogen) atoms. The molecule has 2 aromatic rings. The van der Waals surface area contributed by atoms with Crippen LogP contribution in [0.15, 0.2) is 48.6 Å². The van der Waals surface area contributed by atoms with Crippen molar-refractivity contribution in [3.8, 4) is 0 Å². The molecular formula is C38H49N5O7S. The van der Waals surface area contributed by atoms with Crippen molar-refractivity contribution in [2.24, 2.45) is 23.7 Å². The van der Waals surface area contributed by atoms with Crippen molar-refractivity contribution < 1.29 is 32.3 Å². The number of hydrogen-bond acceptors (Lipinski definition) is 9. The lowest BCUT2D eigenvalue weighted by atomic mass is 9.92. The summed E-state index contributed by atoms with van der Waals surface area (Å²) in [6, 6.07) is 11.0. The van der Waals surface area contributed by atoms with Crippen LogP contribution in [-0.4, -0.2) is 84.1 Å². The Balaban J connectivity index is 1.20. The molecule has 2 saturated carbocycles. The highest BCUT2D eigenvalue weighted by Gasteiger charge is 2.63. The Morgan fingerprint density at radius 3 is 2.57 bits per heavy atom. The van der Waals surface area contributed by atoms with Crippen LogP contribution in [0.1, 0.15) is 78.6 Å². The molecule has 0 radical (unpaired) electrons. The number of anilines is 1. The highest BCUT2D eigenvalue weighted by Crippen LogP contribution is 2.47. The van der Waals surface area contributed by atoms with Crippen LogP contribution in [0.3, 0.4) is 0 Å². The fourth-order valence-corrected chi connectivity index (χ4v) is 9.57. The van der Waals surface area contributed by atoms with Gasteiger partial charge in [-0.15, -0.1) is 0 Å². The second-order valence-electron chi connectivity index (χ2n) is 16.1. The minimum Gasteiger partial charge on any atom is -0.460 e. The molecule has 4 fully saturated rings. The molecule has 4 heterocycles. The van der Waals surface area contributed by atoms with E-state index in [-0.39, 0.29) is 36.5 Å². The summed E-state index contributed by atoms with van der Waals surface area (Å²) in [6.45, 7) is 6.74. The summed E-state index contributed by atoms with van der Waals surface area (Å²) >= 11 is 0. The lowest BCUT2D eigenvalue weighted by Crippen LogP contribution is -2.58. The molecule has 6 atom stereocenters. The van der Waals surface area contributed by atoms with E-state index in [0.717, 1.165) is 42.4 Å². The molecule has 5 aliphatic rings. The SMILES string of the molecule is CC(C)(C)OC(=O)C[C@H]1CCCCC/C=C\[C@@H]2C[C@@]2(C(=O)NS(=O)(=O)C2CC2)NC(=O)[C@@H]2[C@H]3CN(c4ccc5ccccc5n4)C[C@H]3CN2C1=O. The number of carbonyl (C=O) groups is 4. The van der Waals surface area contributed by atoms with Crippen molar-refractivity contribution in [3.05, 3.63) is 48.6 Å². The fraction of sp³-hybridized carbons (Fsp3) is 0.605. The minimum absolute atomic E-state index is 0.0612. The number of allylic oxidation sites excluding steroid dienone is 1. The van der Waals surface area contributed by atoms with E-state index in [0.29, 0.717) is 38.9 Å². The first-order valence-corrected chi connectivity index (χ1v) is 20.0. The Hall–Kier alpha value is -4.00. The number of sulfonamides is 1. The first-order valence-electron chi connectivity index (χ1n) is 18.4. The third-order valence-electron chi connectivity index (χ3n) is 11.1. The summed E-state index contributed by atoms with van der Waals surface area (Å²) in [5.74, 6) is -2.52. The first kappa shape index (κ1) is 35.4. The number of esters is 1. The molecule has 13 heteroatoms. The molecule has 2 saturated heterocycles. The minimum atomic E-state index is -3.85. The zero-order valence-corrected chi connectivity index (χ0v) is 30.5. The maximum Gasteiger partial charge on any atom is 0.307 e. The summed E-state index contributed by atoms with van der Waals surface area (Å²) < 4.78 is 33.6. The number of pyridine rings is 1. The molecule has 0 bridgehead atoms. The average Bonchev–Trinajstić information content (AvgIpc) is 3.96. The van der Waals surface area contributed by atoms with Crippen LogP contribution >= 0.6 is 0 Å². The number of nitrogens with zero attached hydrogens (tertiary/aromatic N) is 3. The van der Waals surface area contributed by atoms with Crippen LogP contribution in [0.5, 0.6) is 0 Å². The van der Waals surface area contributed by atoms with Gasteiger partial charge in [0, 0.05) is 48.7 Å². The van der Waals surface area contributed by atoms with Crippen molar-refractivity contribution in [1.82, 2.24) is 19.9 Å². The van der Waals surface area contributed by atoms with Crippen LogP contribution in [0.25, 0.3) is 10.9 Å². The van der Waals surface area contributed by atoms with E-state index in [1.807, 2.05) is 48.6 Å². The number of carbonyl (C=O) groups excluding carboxylic acids is 4. The number of aromatic nitrogens is 1. The topological polar surface area (TPSA) is 155 Å². The van der Waals surface area contributed by atoms with Crippen molar-refractivity contribution in [2.45, 2.75) is 101 Å². The fourth-order valence-electron chi connectivity index (χ4n) is 8.21. The van der Waals surface area contributed by atoms with Gasteiger partial charge in [-0.3, -0.25) is 23.9 Å². The van der Waals surface area contributed by atoms with Crippen LogP contribution < -0.4 is 14.9 Å². The summed E-state index contributed by atoms with van der Waals surface area (Å²) in [6.07, 6.45) is 8.76. The molecule has 1 aromatic heterocycles. The van der Waals surface area contributed by atoms with Crippen LogP contribution in [0, 0.1) is 23.7 Å². The van der Waals surface area contributed by atoms with Gasteiger partial charge in [0.15, 0.2) is 0 Å². The third kappa shape index (κ3) is 7.50. The van der Waals surface area contributed by atoms with Crippen molar-refractivity contribution in [3.63, 3.8) is 0 Å². The van der Waals surface area contributed by atoms with Crippen LogP contribution in [0.4, 0.5) is 5.82 Å². The summed E-state index contributed by atoms with van der Waals surface area (Å²) in [5, 5.41) is 3.43. The molecule has 7 rings (SSSR count). The second kappa shape index (κ2) is 13.5. The number of hydrogen-bond donors (Lipinski definition) is 2. The molecule has 2 N–H and O–H groups in total. The standard InChI is InChI=1S/C38H49N5O7S/c1-37(2,3)50-32(44)19-25-12-7-5-4-6-8-13-27-20-38(27,36(47)41-51(48,49)28-16-17-28)40-34(45)33-29-23-42(21-26(29)22-43(33)35(25)46)31-18-15-24-11-9-10-14-30(24)39-31/h8-11,13-15,18,25-29,33H,4-7,12,16-17,19-23H2,1-3H3,(H,40,45)(H,41,47)/b13-8-/t25-,26+,27-,29+,33+,38-/m1/s1. The van der Waals surface area contributed by atoms with E-state index >= 15 is 0 Å². The Bertz CT molecular complexity index is 1850. The summed E-state index contributed by atoms with van der Waals surface area (Å²) in [4.78, 5) is 64.7. The van der Waals surface area contributed by atoms with Gasteiger partial charge in [0.1, 0.15) is 23.0 Å². The zero-order valence-electron chi connectivity index (χ0n) is 29.7. The molecule has 2 aliphatic carbocycles. The highest BCUT2D eigenvalue weighted by molar-refractivity contribution is 7.91. The largest absolute Gasteiger partial charge is 0.460 e. The van der Waals surface area contributed by atoms with E-state index in [1.165, 1.54) is 0 Å². The van der Waals surface area contributed by atoms with Gasteiger partial charge in [0.2, 0.25) is 21.8 Å². The van der Waals surface area contributed by atoms with Crippen LogP contribution in [0.2, 0.25) is 0 Å². The Morgan fingerprint density at radius 2 is 1.80 bits per heavy atom. The van der Waals surface area contributed by atoms with Gasteiger partial charge in [-0.25, -0.2) is 13.4 Å². The molecule has 3 aliphatic heterocycles. The normalized spacial score (nSPS) is 30.7. The van der Waals surface area contributed by atoms with Gasteiger partial charge in [0.05, 0.1) is 17.2 Å². The Kier molecular flexibility index (Phi) is 9.39. The van der Waals surface area contributed by atoms with Crippen molar-refractivity contribution in [1.29, 1.82) is 0 Å². The lowest BCUT2D eigenvalue weighted by molar-refractivity contribution is -0.159. The van der Waals surface area contributed by atoms with E-state index < -0.39 is 56.2 Å². The first-order chi connectivity index (χ1) is 24.2. The molecule has 0 unspecified atom stereocenters. The average molecular weight is 720 g/mol. The Labute approximate surface area is 299 Å². The number of nitrogens with one attached hydrogen (secondary N) is 2. The number of fused-ring (bicyclic) bond motifs is 5. The second-order valence-corrected chi connectivity index (χ2v) is 18.1. The maximum absolute atomic E-state index is 14.6. The summed E-state index contributed by atoms with van der Waals surface area (Å²) in [5.41, 5.74) is -1.28. The summed E-state index contributed by atoms with van der Waals surface area (Å²) in [7, 11) is -3.85. The number of ether oxygens (including phenoxy) is 1. The monoisotopic (exact) mass is 719 g/mol. The van der Waals surface area contributed by atoms with E-state index in [1.54, 1.807) is 25.7 Å². The molecule has 12 nitrogen and oxygen atoms in total. The quantitative estimate of drug-likeness (QED) is 0.335. The zero-order chi connectivity index (χ0) is 36.1. The van der Waals surface area contributed by atoms with Crippen molar-refractivity contribution >= 4 is 50.4 Å². The number of amides is 3. The molecular weight excluding hydrogens is 671 g/mol. The highest BCUT2D eigenvalue weighted by atomic mass is 32.2. The van der Waals surface area contributed by atoms with Crippen LogP contribution in [-0.2, 0) is 33.9 Å². The van der Waals surface area contributed by atoms with Gasteiger partial charge < -0.3 is 19.9 Å². The molecule has 1 aromatic carbocycles. The van der Waals surface area contributed by atoms with Gasteiger partial charge in [-0.05, 0) is 77.5 Å². The number of rotatable bonds is 6. The Morgan fingerprint density at radius 1 is 1.02 bits per heavy atom. The number of benzene rings is 1. The molecule has 3 amide bonds. The van der Waals surface area contributed by atoms with E-state index in [9.17, 15) is 27.6 Å². The predicted octanol–water partition coefficient (Wildman–Crippen LogP) is 3.85. The van der Waals surface area contributed by atoms with E-state index in [2.05, 4.69) is 14.9 Å². The lowest BCUT2D eigenvalue weighted by Gasteiger charge is -2.33. The third-order valence-corrected chi connectivity index (χ3v) is 12.9. The maximum atomic E-state index is 14.6. The van der Waals surface area contributed by atoms with Gasteiger partial charge in [0.25, 0.3) is 5.91 Å². The van der Waals surface area contributed by atoms with Gasteiger partial charge in [-0.1, -0.05) is 43.2 Å². The number of para-hydroxylation sites is 1. The van der Waals surface area contributed by atoms with Crippen molar-refractivity contribution in [2.75, 3.05) is 24.5 Å². The molecule has 0 spiro atoms. The van der Waals surface area contributed by atoms with Gasteiger partial charge in [-0.2, -0.15) is 0 Å². The predicted molar refractivity (Wildman–Crippen MR) is 192 cm³/mol. The van der Waals surface area contributed by atoms with Gasteiger partial charge >= 0.3 is 5.97 Å².